The third kappa shape index (κ3) is 3.29. The number of rotatable bonds is 4. The van der Waals surface area contributed by atoms with Crippen molar-refractivity contribution < 1.29 is 9.59 Å². The monoisotopic (exact) mass is 340 g/mol. The van der Waals surface area contributed by atoms with Gasteiger partial charge < -0.3 is 14.8 Å². The molecule has 1 saturated heterocycles. The molecule has 1 atom stereocenters. The summed E-state index contributed by atoms with van der Waals surface area (Å²) in [7, 11) is 0. The van der Waals surface area contributed by atoms with E-state index in [0.717, 1.165) is 30.0 Å². The van der Waals surface area contributed by atoms with Crippen molar-refractivity contribution in [2.24, 2.45) is 0 Å². The maximum Gasteiger partial charge on any atom is 0.253 e. The van der Waals surface area contributed by atoms with E-state index in [1.54, 1.807) is 17.3 Å². The van der Waals surface area contributed by atoms with Gasteiger partial charge in [-0.2, -0.15) is 0 Å². The van der Waals surface area contributed by atoms with Gasteiger partial charge in [0.1, 0.15) is 6.04 Å². The maximum absolute atomic E-state index is 12.8. The van der Waals surface area contributed by atoms with Gasteiger partial charge in [-0.05, 0) is 51.8 Å². The summed E-state index contributed by atoms with van der Waals surface area (Å²) in [4.78, 5) is 31.3. The fourth-order valence-electron chi connectivity index (χ4n) is 3.53. The lowest BCUT2D eigenvalue weighted by Crippen LogP contribution is -2.52. The zero-order valence-corrected chi connectivity index (χ0v) is 15.0. The van der Waals surface area contributed by atoms with Crippen molar-refractivity contribution in [3.63, 3.8) is 0 Å². The van der Waals surface area contributed by atoms with Crippen LogP contribution in [0.15, 0.2) is 30.6 Å². The molecule has 2 aromatic rings. The van der Waals surface area contributed by atoms with Gasteiger partial charge in [-0.3, -0.25) is 14.6 Å². The Morgan fingerprint density at radius 2 is 2.20 bits per heavy atom. The molecular formula is C19H24N4O2. The highest BCUT2D eigenvalue weighted by molar-refractivity contribution is 6.03. The number of carbonyl (C=O) groups excluding carboxylic acids is 2. The predicted molar refractivity (Wildman–Crippen MR) is 96.7 cm³/mol. The molecular weight excluding hydrogens is 316 g/mol. The first-order chi connectivity index (χ1) is 12.0. The summed E-state index contributed by atoms with van der Waals surface area (Å²) in [6.07, 6.45) is 4.87. The third-order valence-corrected chi connectivity index (χ3v) is 4.84. The van der Waals surface area contributed by atoms with Gasteiger partial charge in [0.2, 0.25) is 5.91 Å². The number of pyridine rings is 1. The Kier molecular flexibility index (Phi) is 4.88. The Bertz CT molecular complexity index is 782. The Morgan fingerprint density at radius 1 is 1.40 bits per heavy atom. The molecule has 2 aromatic heterocycles. The highest BCUT2D eigenvalue weighted by Gasteiger charge is 2.31. The summed E-state index contributed by atoms with van der Waals surface area (Å²) in [6, 6.07) is 5.07. The first-order valence-electron chi connectivity index (χ1n) is 8.72. The molecule has 6 heteroatoms. The third-order valence-electron chi connectivity index (χ3n) is 4.84. The lowest BCUT2D eigenvalue weighted by Gasteiger charge is -2.32. The quantitative estimate of drug-likeness (QED) is 0.929. The number of aryl methyl sites for hydroxylation is 1. The van der Waals surface area contributed by atoms with E-state index >= 15 is 0 Å². The molecule has 0 saturated carbocycles. The highest BCUT2D eigenvalue weighted by Crippen LogP contribution is 2.21. The van der Waals surface area contributed by atoms with E-state index in [0.29, 0.717) is 18.5 Å². The molecule has 1 aliphatic rings. The van der Waals surface area contributed by atoms with Crippen molar-refractivity contribution in [3.8, 4) is 0 Å². The topological polar surface area (TPSA) is 67.2 Å². The van der Waals surface area contributed by atoms with Crippen LogP contribution in [0, 0.1) is 13.8 Å². The highest BCUT2D eigenvalue weighted by atomic mass is 16.2. The second-order valence-electron chi connectivity index (χ2n) is 6.40. The Balaban J connectivity index is 1.76. The second kappa shape index (κ2) is 7.09. The van der Waals surface area contributed by atoms with Crippen LogP contribution in [0.4, 0.5) is 5.69 Å². The molecule has 3 heterocycles. The van der Waals surface area contributed by atoms with E-state index < -0.39 is 6.04 Å². The zero-order chi connectivity index (χ0) is 18.0. The molecule has 0 spiro atoms. The number of aromatic nitrogens is 2. The van der Waals surface area contributed by atoms with Crippen molar-refractivity contribution in [1.29, 1.82) is 0 Å². The first kappa shape index (κ1) is 17.2. The van der Waals surface area contributed by atoms with Crippen LogP contribution in [0.3, 0.4) is 0 Å². The van der Waals surface area contributed by atoms with Gasteiger partial charge in [0, 0.05) is 30.7 Å². The standard InChI is InChI=1S/C19H24N4O2/c1-4-22-13(2)11-16(14(22)3)18(24)21-17-8-6-10-23(19(17)25)15-7-5-9-20-12-15/h5,7,9,11-12,17H,4,6,8,10H2,1-3H3,(H,21,24). The van der Waals surface area contributed by atoms with Crippen molar-refractivity contribution in [1.82, 2.24) is 14.9 Å². The minimum absolute atomic E-state index is 0.0723. The van der Waals surface area contributed by atoms with Gasteiger partial charge >= 0.3 is 0 Å². The van der Waals surface area contributed by atoms with E-state index in [1.165, 1.54) is 0 Å². The SMILES string of the molecule is CCn1c(C)cc(C(=O)NC2CCCN(c3cccnc3)C2=O)c1C. The average molecular weight is 340 g/mol. The number of nitrogens with one attached hydrogen (secondary N) is 1. The lowest BCUT2D eigenvalue weighted by atomic mass is 10.0. The van der Waals surface area contributed by atoms with Gasteiger partial charge in [0.05, 0.1) is 17.4 Å². The van der Waals surface area contributed by atoms with E-state index in [4.69, 9.17) is 0 Å². The van der Waals surface area contributed by atoms with Crippen LogP contribution in [0.25, 0.3) is 0 Å². The molecule has 1 aliphatic heterocycles. The summed E-state index contributed by atoms with van der Waals surface area (Å²) >= 11 is 0. The molecule has 3 rings (SSSR count). The molecule has 1 N–H and O–H groups in total. The van der Waals surface area contributed by atoms with Crippen LogP contribution >= 0.6 is 0 Å². The van der Waals surface area contributed by atoms with Crippen LogP contribution in [-0.2, 0) is 11.3 Å². The predicted octanol–water partition coefficient (Wildman–Crippen LogP) is 2.45. The summed E-state index contributed by atoms with van der Waals surface area (Å²) in [5.74, 6) is -0.254. The molecule has 6 nitrogen and oxygen atoms in total. The van der Waals surface area contributed by atoms with E-state index in [1.807, 2.05) is 32.0 Å². The van der Waals surface area contributed by atoms with Crippen molar-refractivity contribution >= 4 is 17.5 Å². The van der Waals surface area contributed by atoms with Gasteiger partial charge in [-0.15, -0.1) is 0 Å². The summed E-state index contributed by atoms with van der Waals surface area (Å²) in [5, 5.41) is 2.93. The van der Waals surface area contributed by atoms with E-state index in [-0.39, 0.29) is 11.8 Å². The van der Waals surface area contributed by atoms with Crippen molar-refractivity contribution in [3.05, 3.63) is 47.5 Å². The second-order valence-corrected chi connectivity index (χ2v) is 6.40. The Morgan fingerprint density at radius 3 is 2.84 bits per heavy atom. The van der Waals surface area contributed by atoms with E-state index in [2.05, 4.69) is 21.8 Å². The molecule has 0 bridgehead atoms. The minimum atomic E-state index is -0.494. The van der Waals surface area contributed by atoms with Crippen molar-refractivity contribution in [2.75, 3.05) is 11.4 Å². The molecule has 0 aliphatic carbocycles. The fourth-order valence-corrected chi connectivity index (χ4v) is 3.53. The van der Waals surface area contributed by atoms with Crippen LogP contribution in [-0.4, -0.2) is 34.0 Å². The molecule has 1 unspecified atom stereocenters. The van der Waals surface area contributed by atoms with Crippen LogP contribution in [0.5, 0.6) is 0 Å². The summed E-state index contributed by atoms with van der Waals surface area (Å²) in [5.41, 5.74) is 3.41. The first-order valence-corrected chi connectivity index (χ1v) is 8.72. The van der Waals surface area contributed by atoms with Gasteiger partial charge in [0.25, 0.3) is 5.91 Å². The number of amides is 2. The zero-order valence-electron chi connectivity index (χ0n) is 15.0. The van der Waals surface area contributed by atoms with Crippen molar-refractivity contribution in [2.45, 2.75) is 46.2 Å². The van der Waals surface area contributed by atoms with Crippen LogP contribution in [0.2, 0.25) is 0 Å². The molecule has 1 fully saturated rings. The van der Waals surface area contributed by atoms with Gasteiger partial charge in [-0.25, -0.2) is 0 Å². The Hall–Kier alpha value is -2.63. The number of hydrogen-bond acceptors (Lipinski definition) is 3. The maximum atomic E-state index is 12.8. The lowest BCUT2D eigenvalue weighted by molar-refractivity contribution is -0.121. The molecule has 2 amide bonds. The number of anilines is 1. The largest absolute Gasteiger partial charge is 0.349 e. The van der Waals surface area contributed by atoms with Crippen LogP contribution < -0.4 is 10.2 Å². The smallest absolute Gasteiger partial charge is 0.253 e. The van der Waals surface area contributed by atoms with Crippen LogP contribution in [0.1, 0.15) is 41.5 Å². The molecule has 0 radical (unpaired) electrons. The number of carbonyl (C=O) groups is 2. The number of piperidine rings is 1. The molecule has 132 valence electrons. The summed E-state index contributed by atoms with van der Waals surface area (Å²) in [6.45, 7) is 7.46. The normalized spacial score (nSPS) is 17.6. The van der Waals surface area contributed by atoms with Gasteiger partial charge in [-0.1, -0.05) is 0 Å². The Labute approximate surface area is 147 Å². The number of hydrogen-bond donors (Lipinski definition) is 1. The summed E-state index contributed by atoms with van der Waals surface area (Å²) < 4.78 is 2.10. The fraction of sp³-hybridized carbons (Fsp3) is 0.421. The molecule has 0 aromatic carbocycles. The minimum Gasteiger partial charge on any atom is -0.349 e. The average Bonchev–Trinajstić information content (AvgIpc) is 2.91. The van der Waals surface area contributed by atoms with E-state index in [9.17, 15) is 9.59 Å². The molecule has 25 heavy (non-hydrogen) atoms. The van der Waals surface area contributed by atoms with Gasteiger partial charge in [0.15, 0.2) is 0 Å². The number of nitrogens with zero attached hydrogens (tertiary/aromatic N) is 3.